The molecule has 1 aromatic rings. The summed E-state index contributed by atoms with van der Waals surface area (Å²) >= 11 is 0. The summed E-state index contributed by atoms with van der Waals surface area (Å²) in [5, 5.41) is 5.48. The maximum absolute atomic E-state index is 11.3. The highest BCUT2D eigenvalue weighted by atomic mass is 16.5. The molecule has 0 heterocycles. The zero-order chi connectivity index (χ0) is 12.7. The standard InChI is InChI=1S/C13H20N2O2/c1-10(2)15-13(16)14-8-9-17-12-7-5-4-6-11(12)3/h4-7,10H,8-9H2,1-3H3,(H2,14,15,16). The summed E-state index contributed by atoms with van der Waals surface area (Å²) in [6.07, 6.45) is 0. The molecule has 0 bridgehead atoms. The molecule has 0 radical (unpaired) electrons. The van der Waals surface area contributed by atoms with Crippen molar-refractivity contribution in [2.24, 2.45) is 0 Å². The number of benzene rings is 1. The third-order valence-electron chi connectivity index (χ3n) is 2.16. The molecule has 17 heavy (non-hydrogen) atoms. The fraction of sp³-hybridized carbons (Fsp3) is 0.462. The van der Waals surface area contributed by atoms with Crippen LogP contribution in [0.3, 0.4) is 0 Å². The van der Waals surface area contributed by atoms with E-state index in [2.05, 4.69) is 10.6 Å². The van der Waals surface area contributed by atoms with Crippen molar-refractivity contribution in [3.8, 4) is 5.75 Å². The lowest BCUT2D eigenvalue weighted by Crippen LogP contribution is -2.41. The van der Waals surface area contributed by atoms with Crippen LogP contribution in [0.1, 0.15) is 19.4 Å². The van der Waals surface area contributed by atoms with Crippen LogP contribution in [0.5, 0.6) is 5.75 Å². The maximum Gasteiger partial charge on any atom is 0.315 e. The molecular weight excluding hydrogens is 216 g/mol. The largest absolute Gasteiger partial charge is 0.491 e. The Morgan fingerprint density at radius 2 is 2.06 bits per heavy atom. The van der Waals surface area contributed by atoms with Gasteiger partial charge in [-0.1, -0.05) is 18.2 Å². The second-order valence-electron chi connectivity index (χ2n) is 4.17. The number of carbonyl (C=O) groups excluding carboxylic acids is 1. The quantitative estimate of drug-likeness (QED) is 0.769. The van der Waals surface area contributed by atoms with Crippen molar-refractivity contribution < 1.29 is 9.53 Å². The van der Waals surface area contributed by atoms with E-state index in [1.807, 2.05) is 45.0 Å². The third-order valence-corrected chi connectivity index (χ3v) is 2.16. The minimum absolute atomic E-state index is 0.146. The second-order valence-corrected chi connectivity index (χ2v) is 4.17. The SMILES string of the molecule is Cc1ccccc1OCCNC(=O)NC(C)C. The molecular formula is C13H20N2O2. The Bertz CT molecular complexity index is 364. The highest BCUT2D eigenvalue weighted by molar-refractivity contribution is 5.74. The summed E-state index contributed by atoms with van der Waals surface area (Å²) in [4.78, 5) is 11.3. The van der Waals surface area contributed by atoms with Gasteiger partial charge >= 0.3 is 6.03 Å². The van der Waals surface area contributed by atoms with E-state index in [9.17, 15) is 4.79 Å². The van der Waals surface area contributed by atoms with Gasteiger partial charge < -0.3 is 15.4 Å². The molecule has 0 atom stereocenters. The first kappa shape index (κ1) is 13.4. The summed E-state index contributed by atoms with van der Waals surface area (Å²) in [7, 11) is 0. The molecule has 2 amide bonds. The maximum atomic E-state index is 11.3. The number of urea groups is 1. The summed E-state index contributed by atoms with van der Waals surface area (Å²) in [5.41, 5.74) is 1.10. The molecule has 0 aliphatic rings. The lowest BCUT2D eigenvalue weighted by molar-refractivity contribution is 0.234. The molecule has 2 N–H and O–H groups in total. The van der Waals surface area contributed by atoms with E-state index in [0.29, 0.717) is 13.2 Å². The van der Waals surface area contributed by atoms with Crippen LogP contribution in [0, 0.1) is 6.92 Å². The summed E-state index contributed by atoms with van der Waals surface area (Å²) in [5.74, 6) is 0.860. The van der Waals surface area contributed by atoms with Crippen LogP contribution in [0.15, 0.2) is 24.3 Å². The van der Waals surface area contributed by atoms with Crippen molar-refractivity contribution in [2.45, 2.75) is 26.8 Å². The molecule has 0 saturated heterocycles. The Morgan fingerprint density at radius 3 is 2.71 bits per heavy atom. The van der Waals surface area contributed by atoms with Crippen molar-refractivity contribution in [2.75, 3.05) is 13.2 Å². The van der Waals surface area contributed by atoms with E-state index >= 15 is 0 Å². The summed E-state index contributed by atoms with van der Waals surface area (Å²) in [6, 6.07) is 7.80. The van der Waals surface area contributed by atoms with Crippen molar-refractivity contribution >= 4 is 6.03 Å². The number of amides is 2. The Morgan fingerprint density at radius 1 is 1.35 bits per heavy atom. The van der Waals surface area contributed by atoms with E-state index in [4.69, 9.17) is 4.74 Å². The van der Waals surface area contributed by atoms with Gasteiger partial charge in [0.05, 0.1) is 6.54 Å². The second kappa shape index (κ2) is 6.78. The predicted octanol–water partition coefficient (Wildman–Crippen LogP) is 2.08. The van der Waals surface area contributed by atoms with Gasteiger partial charge in [0.25, 0.3) is 0 Å². The highest BCUT2D eigenvalue weighted by Gasteiger charge is 2.01. The first-order valence-corrected chi connectivity index (χ1v) is 5.82. The zero-order valence-electron chi connectivity index (χ0n) is 10.6. The molecule has 0 aliphatic carbocycles. The van der Waals surface area contributed by atoms with Gasteiger partial charge in [0.1, 0.15) is 12.4 Å². The van der Waals surface area contributed by atoms with Crippen molar-refractivity contribution in [3.63, 3.8) is 0 Å². The number of rotatable bonds is 5. The fourth-order valence-electron chi connectivity index (χ4n) is 1.36. The summed E-state index contributed by atoms with van der Waals surface area (Å²) < 4.78 is 5.55. The van der Waals surface area contributed by atoms with Gasteiger partial charge in [0.15, 0.2) is 0 Å². The molecule has 0 aromatic heterocycles. The Hall–Kier alpha value is -1.71. The number of ether oxygens (including phenoxy) is 1. The van der Waals surface area contributed by atoms with Crippen molar-refractivity contribution in [1.29, 1.82) is 0 Å². The van der Waals surface area contributed by atoms with E-state index < -0.39 is 0 Å². The number of para-hydroxylation sites is 1. The van der Waals surface area contributed by atoms with Crippen LogP contribution in [0.2, 0.25) is 0 Å². The van der Waals surface area contributed by atoms with Crippen LogP contribution in [0.4, 0.5) is 4.79 Å². The molecule has 0 unspecified atom stereocenters. The minimum Gasteiger partial charge on any atom is -0.491 e. The predicted molar refractivity (Wildman–Crippen MR) is 68.3 cm³/mol. The van der Waals surface area contributed by atoms with Gasteiger partial charge in [-0.2, -0.15) is 0 Å². The van der Waals surface area contributed by atoms with E-state index in [-0.39, 0.29) is 12.1 Å². The first-order valence-electron chi connectivity index (χ1n) is 5.82. The van der Waals surface area contributed by atoms with Crippen LogP contribution in [0.25, 0.3) is 0 Å². The van der Waals surface area contributed by atoms with Gasteiger partial charge in [0.2, 0.25) is 0 Å². The van der Waals surface area contributed by atoms with Crippen LogP contribution in [-0.2, 0) is 0 Å². The van der Waals surface area contributed by atoms with Gasteiger partial charge in [-0.3, -0.25) is 0 Å². The van der Waals surface area contributed by atoms with Crippen molar-refractivity contribution in [3.05, 3.63) is 29.8 Å². The number of aryl methyl sites for hydroxylation is 1. The number of hydrogen-bond acceptors (Lipinski definition) is 2. The molecule has 4 heteroatoms. The molecule has 1 rings (SSSR count). The number of carbonyl (C=O) groups is 1. The lowest BCUT2D eigenvalue weighted by atomic mass is 10.2. The average Bonchev–Trinajstić information content (AvgIpc) is 2.25. The normalized spacial score (nSPS) is 10.1. The monoisotopic (exact) mass is 236 g/mol. The van der Waals surface area contributed by atoms with Crippen LogP contribution in [-0.4, -0.2) is 25.2 Å². The Labute approximate surface area is 102 Å². The molecule has 0 aliphatic heterocycles. The van der Waals surface area contributed by atoms with Gasteiger partial charge in [-0.05, 0) is 32.4 Å². The molecule has 0 saturated carbocycles. The highest BCUT2D eigenvalue weighted by Crippen LogP contribution is 2.15. The summed E-state index contributed by atoms with van der Waals surface area (Å²) in [6.45, 7) is 6.80. The Balaban J connectivity index is 2.21. The van der Waals surface area contributed by atoms with Crippen LogP contribution < -0.4 is 15.4 Å². The molecule has 0 spiro atoms. The van der Waals surface area contributed by atoms with Crippen LogP contribution >= 0.6 is 0 Å². The average molecular weight is 236 g/mol. The smallest absolute Gasteiger partial charge is 0.315 e. The van der Waals surface area contributed by atoms with Gasteiger partial charge in [0, 0.05) is 6.04 Å². The van der Waals surface area contributed by atoms with Gasteiger partial charge in [-0.15, -0.1) is 0 Å². The molecule has 1 aromatic carbocycles. The number of hydrogen-bond donors (Lipinski definition) is 2. The first-order chi connectivity index (χ1) is 8.09. The van der Waals surface area contributed by atoms with E-state index in [0.717, 1.165) is 11.3 Å². The fourth-order valence-corrected chi connectivity index (χ4v) is 1.36. The van der Waals surface area contributed by atoms with Crippen molar-refractivity contribution in [1.82, 2.24) is 10.6 Å². The Kier molecular flexibility index (Phi) is 5.33. The van der Waals surface area contributed by atoms with E-state index in [1.54, 1.807) is 0 Å². The zero-order valence-corrected chi connectivity index (χ0v) is 10.6. The van der Waals surface area contributed by atoms with E-state index in [1.165, 1.54) is 0 Å². The minimum atomic E-state index is -0.159. The third kappa shape index (κ3) is 5.24. The van der Waals surface area contributed by atoms with Gasteiger partial charge in [-0.25, -0.2) is 4.79 Å². The molecule has 94 valence electrons. The molecule has 4 nitrogen and oxygen atoms in total. The topological polar surface area (TPSA) is 50.4 Å². The number of nitrogens with one attached hydrogen (secondary N) is 2. The lowest BCUT2D eigenvalue weighted by Gasteiger charge is -2.11. The molecule has 0 fully saturated rings.